The van der Waals surface area contributed by atoms with Crippen LogP contribution in [0.5, 0.6) is 0 Å². The summed E-state index contributed by atoms with van der Waals surface area (Å²) in [4.78, 5) is 26.6. The Morgan fingerprint density at radius 1 is 1.32 bits per heavy atom. The third kappa shape index (κ3) is 3.50. The largest absolute Gasteiger partial charge is 0.361 e. The lowest BCUT2D eigenvalue weighted by Crippen LogP contribution is -2.46. The normalized spacial score (nSPS) is 20.0. The molecule has 0 unspecified atom stereocenters. The van der Waals surface area contributed by atoms with Crippen molar-refractivity contribution in [2.45, 2.75) is 45.8 Å². The molecule has 3 amide bonds. The first-order valence-electron chi connectivity index (χ1n) is 8.31. The van der Waals surface area contributed by atoms with E-state index in [0.29, 0.717) is 18.7 Å². The van der Waals surface area contributed by atoms with Crippen LogP contribution in [-0.2, 0) is 11.3 Å². The number of aromatic nitrogens is 1. The number of hydrogen-bond donors (Lipinski definition) is 2. The van der Waals surface area contributed by atoms with Crippen molar-refractivity contribution >= 4 is 17.6 Å². The van der Waals surface area contributed by atoms with Gasteiger partial charge in [0.15, 0.2) is 0 Å². The van der Waals surface area contributed by atoms with Crippen molar-refractivity contribution in [1.82, 2.24) is 15.8 Å². The summed E-state index contributed by atoms with van der Waals surface area (Å²) in [5, 5.41) is 9.39. The van der Waals surface area contributed by atoms with Gasteiger partial charge in [0, 0.05) is 23.8 Å². The van der Waals surface area contributed by atoms with Gasteiger partial charge in [-0.1, -0.05) is 23.4 Å². The fraction of sp³-hybridized carbons (Fsp3) is 0.389. The number of amides is 3. The van der Waals surface area contributed by atoms with Crippen LogP contribution in [0, 0.1) is 13.8 Å². The standard InChI is InChI=1S/C18H22N4O3/c1-11-9-16(17(23)22(11)14-7-5-4-6-8-14)20-18(24)19-10-15-12(2)21-25-13(15)3/h4-8,11,16H,9-10H2,1-3H3,(H2,19,20,24)/t11-,16-/m1/s1. The van der Waals surface area contributed by atoms with E-state index < -0.39 is 6.04 Å². The molecule has 1 aliphatic rings. The fourth-order valence-electron chi connectivity index (χ4n) is 3.16. The van der Waals surface area contributed by atoms with Gasteiger partial charge < -0.3 is 20.1 Å². The Labute approximate surface area is 146 Å². The molecule has 2 aromatic rings. The molecule has 0 saturated carbocycles. The van der Waals surface area contributed by atoms with Crippen LogP contribution >= 0.6 is 0 Å². The molecule has 25 heavy (non-hydrogen) atoms. The van der Waals surface area contributed by atoms with Gasteiger partial charge in [-0.15, -0.1) is 0 Å². The lowest BCUT2D eigenvalue weighted by Gasteiger charge is -2.21. The van der Waals surface area contributed by atoms with E-state index in [2.05, 4.69) is 15.8 Å². The average molecular weight is 342 g/mol. The number of hydrogen-bond acceptors (Lipinski definition) is 4. The summed E-state index contributed by atoms with van der Waals surface area (Å²) in [5.74, 6) is 0.588. The molecule has 1 aromatic carbocycles. The van der Waals surface area contributed by atoms with E-state index in [9.17, 15) is 9.59 Å². The first-order chi connectivity index (χ1) is 12.0. The molecule has 0 radical (unpaired) electrons. The van der Waals surface area contributed by atoms with Crippen LogP contribution < -0.4 is 15.5 Å². The zero-order valence-corrected chi connectivity index (χ0v) is 14.6. The Morgan fingerprint density at radius 3 is 2.68 bits per heavy atom. The van der Waals surface area contributed by atoms with Gasteiger partial charge in [0.1, 0.15) is 11.8 Å². The Hall–Kier alpha value is -2.83. The molecule has 132 valence electrons. The van der Waals surface area contributed by atoms with Crippen LogP contribution in [-0.4, -0.2) is 29.2 Å². The third-order valence-electron chi connectivity index (χ3n) is 4.50. The molecule has 3 rings (SSSR count). The molecule has 1 aromatic heterocycles. The van der Waals surface area contributed by atoms with Crippen molar-refractivity contribution < 1.29 is 14.1 Å². The monoisotopic (exact) mass is 342 g/mol. The summed E-state index contributed by atoms with van der Waals surface area (Å²) >= 11 is 0. The third-order valence-corrected chi connectivity index (χ3v) is 4.50. The minimum absolute atomic E-state index is 0.0303. The van der Waals surface area contributed by atoms with Gasteiger partial charge in [0.25, 0.3) is 0 Å². The molecule has 2 heterocycles. The highest BCUT2D eigenvalue weighted by atomic mass is 16.5. The summed E-state index contributed by atoms with van der Waals surface area (Å²) < 4.78 is 5.07. The van der Waals surface area contributed by atoms with E-state index in [0.717, 1.165) is 16.9 Å². The summed E-state index contributed by atoms with van der Waals surface area (Å²) in [6.07, 6.45) is 0.576. The van der Waals surface area contributed by atoms with Gasteiger partial charge >= 0.3 is 6.03 Å². The minimum atomic E-state index is -0.528. The van der Waals surface area contributed by atoms with Gasteiger partial charge in [-0.05, 0) is 39.3 Å². The predicted molar refractivity (Wildman–Crippen MR) is 93.1 cm³/mol. The molecule has 1 aliphatic heterocycles. The SMILES string of the molecule is Cc1noc(C)c1CNC(=O)N[C@@H]1C[C@@H](C)N(c2ccccc2)C1=O. The quantitative estimate of drug-likeness (QED) is 0.892. The molecule has 7 heteroatoms. The van der Waals surface area contributed by atoms with Gasteiger partial charge in [0.2, 0.25) is 5.91 Å². The van der Waals surface area contributed by atoms with E-state index in [4.69, 9.17) is 4.52 Å². The molecule has 1 saturated heterocycles. The van der Waals surface area contributed by atoms with Crippen LogP contribution in [0.25, 0.3) is 0 Å². The number of urea groups is 1. The van der Waals surface area contributed by atoms with Crippen LogP contribution in [0.2, 0.25) is 0 Å². The average Bonchev–Trinajstić information content (AvgIpc) is 3.05. The van der Waals surface area contributed by atoms with Crippen molar-refractivity contribution in [2.24, 2.45) is 0 Å². The van der Waals surface area contributed by atoms with E-state index in [1.54, 1.807) is 11.8 Å². The number of nitrogens with zero attached hydrogens (tertiary/aromatic N) is 2. The van der Waals surface area contributed by atoms with Crippen LogP contribution in [0.1, 0.15) is 30.4 Å². The highest BCUT2D eigenvalue weighted by Crippen LogP contribution is 2.26. The smallest absolute Gasteiger partial charge is 0.315 e. The number of para-hydroxylation sites is 1. The van der Waals surface area contributed by atoms with E-state index in [1.807, 2.05) is 44.2 Å². The number of benzene rings is 1. The lowest BCUT2D eigenvalue weighted by atomic mass is 10.2. The van der Waals surface area contributed by atoms with Crippen LogP contribution in [0.3, 0.4) is 0 Å². The maximum atomic E-state index is 12.7. The van der Waals surface area contributed by atoms with Gasteiger partial charge in [-0.3, -0.25) is 4.79 Å². The molecular weight excluding hydrogens is 320 g/mol. The second kappa shape index (κ2) is 6.96. The fourth-order valence-corrected chi connectivity index (χ4v) is 3.16. The van der Waals surface area contributed by atoms with Crippen molar-refractivity contribution in [3.05, 3.63) is 47.3 Å². The summed E-state index contributed by atoms with van der Waals surface area (Å²) in [5.41, 5.74) is 2.45. The molecule has 0 bridgehead atoms. The summed E-state index contributed by atoms with van der Waals surface area (Å²) in [7, 11) is 0. The van der Waals surface area contributed by atoms with Crippen molar-refractivity contribution in [1.29, 1.82) is 0 Å². The second-order valence-corrected chi connectivity index (χ2v) is 6.31. The topological polar surface area (TPSA) is 87.5 Å². The Bertz CT molecular complexity index is 752. The first-order valence-corrected chi connectivity index (χ1v) is 8.31. The van der Waals surface area contributed by atoms with Crippen molar-refractivity contribution in [2.75, 3.05) is 4.90 Å². The number of carbonyl (C=O) groups is 2. The molecular formula is C18H22N4O3. The number of aryl methyl sites for hydroxylation is 2. The van der Waals surface area contributed by atoms with E-state index in [-0.39, 0.29) is 18.0 Å². The Morgan fingerprint density at radius 2 is 2.04 bits per heavy atom. The Kier molecular flexibility index (Phi) is 4.74. The number of nitrogens with one attached hydrogen (secondary N) is 2. The number of carbonyl (C=O) groups excluding carboxylic acids is 2. The summed E-state index contributed by atoms with van der Waals surface area (Å²) in [6.45, 7) is 5.92. The second-order valence-electron chi connectivity index (χ2n) is 6.31. The van der Waals surface area contributed by atoms with Gasteiger partial charge in [-0.2, -0.15) is 0 Å². The molecule has 2 atom stereocenters. The van der Waals surface area contributed by atoms with Gasteiger partial charge in [0.05, 0.1) is 5.69 Å². The van der Waals surface area contributed by atoms with Gasteiger partial charge in [-0.25, -0.2) is 4.79 Å². The van der Waals surface area contributed by atoms with Crippen LogP contribution in [0.15, 0.2) is 34.9 Å². The number of rotatable bonds is 4. The number of anilines is 1. The summed E-state index contributed by atoms with van der Waals surface area (Å²) in [6, 6.07) is 8.62. The minimum Gasteiger partial charge on any atom is -0.361 e. The zero-order chi connectivity index (χ0) is 18.0. The van der Waals surface area contributed by atoms with E-state index in [1.165, 1.54) is 0 Å². The Balaban J connectivity index is 1.60. The maximum Gasteiger partial charge on any atom is 0.315 e. The highest BCUT2D eigenvalue weighted by molar-refractivity contribution is 6.01. The highest BCUT2D eigenvalue weighted by Gasteiger charge is 2.38. The molecule has 7 nitrogen and oxygen atoms in total. The first kappa shape index (κ1) is 17.0. The van der Waals surface area contributed by atoms with Crippen LogP contribution in [0.4, 0.5) is 10.5 Å². The predicted octanol–water partition coefficient (Wildman–Crippen LogP) is 2.28. The molecule has 0 spiro atoms. The molecule has 0 aliphatic carbocycles. The lowest BCUT2D eigenvalue weighted by molar-refractivity contribution is -0.118. The molecule has 2 N–H and O–H groups in total. The van der Waals surface area contributed by atoms with Crippen molar-refractivity contribution in [3.63, 3.8) is 0 Å². The van der Waals surface area contributed by atoms with E-state index >= 15 is 0 Å². The van der Waals surface area contributed by atoms with Crippen molar-refractivity contribution in [3.8, 4) is 0 Å². The maximum absolute atomic E-state index is 12.7. The zero-order valence-electron chi connectivity index (χ0n) is 14.6. The molecule has 1 fully saturated rings.